The molecule has 1 N–H and O–H groups in total. The number of hydrogen-bond acceptors (Lipinski definition) is 3. The van der Waals surface area contributed by atoms with Gasteiger partial charge < -0.3 is 5.32 Å². The van der Waals surface area contributed by atoms with Gasteiger partial charge in [0.25, 0.3) is 5.91 Å². The number of nitrogens with zero attached hydrogens (tertiary/aromatic N) is 2. The molecule has 1 heterocycles. The van der Waals surface area contributed by atoms with Gasteiger partial charge >= 0.3 is 0 Å². The Hall–Kier alpha value is -3.44. The smallest absolute Gasteiger partial charge is 0.252 e. The molecule has 5 nitrogen and oxygen atoms in total. The summed E-state index contributed by atoms with van der Waals surface area (Å²) >= 11 is 6.06. The van der Waals surface area contributed by atoms with Gasteiger partial charge in [-0.25, -0.2) is 0 Å². The Morgan fingerprint density at radius 1 is 1.06 bits per heavy atom. The highest BCUT2D eigenvalue weighted by Gasteiger charge is 2.36. The SMILES string of the molecule is CC[C@H](C(=O)Nc1cccc(Cl)c1)N1C(=O)[C@H](C)N=C(c2ccccc2)c2ccccc21. The van der Waals surface area contributed by atoms with E-state index in [4.69, 9.17) is 16.6 Å². The molecule has 0 spiro atoms. The zero-order valence-corrected chi connectivity index (χ0v) is 18.7. The second kappa shape index (κ2) is 9.37. The number of nitrogens with one attached hydrogen (secondary N) is 1. The maximum Gasteiger partial charge on any atom is 0.252 e. The molecule has 162 valence electrons. The number of benzodiazepines with no additional fused rings is 1. The van der Waals surface area contributed by atoms with Crippen LogP contribution in [0.4, 0.5) is 11.4 Å². The van der Waals surface area contributed by atoms with E-state index in [9.17, 15) is 9.59 Å². The van der Waals surface area contributed by atoms with E-state index in [0.29, 0.717) is 22.8 Å². The van der Waals surface area contributed by atoms with Gasteiger partial charge in [0.15, 0.2) is 0 Å². The zero-order valence-electron chi connectivity index (χ0n) is 18.0. The molecule has 4 rings (SSSR count). The Kier molecular flexibility index (Phi) is 6.37. The summed E-state index contributed by atoms with van der Waals surface area (Å²) in [6.45, 7) is 3.67. The molecule has 3 aromatic rings. The molecule has 1 aliphatic rings. The van der Waals surface area contributed by atoms with E-state index in [1.165, 1.54) is 0 Å². The fraction of sp³-hybridized carbons (Fsp3) is 0.192. The molecule has 0 bridgehead atoms. The maximum atomic E-state index is 13.5. The van der Waals surface area contributed by atoms with Crippen LogP contribution in [0.1, 0.15) is 31.4 Å². The molecule has 0 fully saturated rings. The quantitative estimate of drug-likeness (QED) is 0.577. The summed E-state index contributed by atoms with van der Waals surface area (Å²) in [6.07, 6.45) is 0.444. The minimum atomic E-state index is -0.699. The van der Waals surface area contributed by atoms with Crippen LogP contribution in [0.25, 0.3) is 0 Å². The highest BCUT2D eigenvalue weighted by atomic mass is 35.5. The predicted molar refractivity (Wildman–Crippen MR) is 130 cm³/mol. The summed E-state index contributed by atoms with van der Waals surface area (Å²) in [7, 11) is 0. The third-order valence-electron chi connectivity index (χ3n) is 5.48. The van der Waals surface area contributed by atoms with Crippen molar-refractivity contribution < 1.29 is 9.59 Å². The summed E-state index contributed by atoms with van der Waals surface area (Å²) < 4.78 is 0. The van der Waals surface area contributed by atoms with Crippen LogP contribution in [-0.4, -0.2) is 29.6 Å². The van der Waals surface area contributed by atoms with Crippen molar-refractivity contribution in [1.29, 1.82) is 0 Å². The molecule has 0 aromatic heterocycles. The third-order valence-corrected chi connectivity index (χ3v) is 5.71. The van der Waals surface area contributed by atoms with E-state index in [1.54, 1.807) is 36.1 Å². The van der Waals surface area contributed by atoms with Crippen LogP contribution in [0.2, 0.25) is 5.02 Å². The lowest BCUT2D eigenvalue weighted by atomic mass is 9.99. The first-order valence-electron chi connectivity index (χ1n) is 10.6. The lowest BCUT2D eigenvalue weighted by Gasteiger charge is -2.31. The summed E-state index contributed by atoms with van der Waals surface area (Å²) in [5.41, 5.74) is 3.77. The average Bonchev–Trinajstić information content (AvgIpc) is 2.91. The highest BCUT2D eigenvalue weighted by molar-refractivity contribution is 6.31. The van der Waals surface area contributed by atoms with Gasteiger partial charge in [0, 0.05) is 21.8 Å². The van der Waals surface area contributed by atoms with Crippen molar-refractivity contribution in [2.45, 2.75) is 32.4 Å². The molecule has 0 saturated carbocycles. The Bertz CT molecular complexity index is 1180. The summed E-state index contributed by atoms with van der Waals surface area (Å²) in [5.74, 6) is -0.482. The van der Waals surface area contributed by atoms with Gasteiger partial charge in [-0.3, -0.25) is 19.5 Å². The van der Waals surface area contributed by atoms with Gasteiger partial charge in [-0.05, 0) is 37.6 Å². The lowest BCUT2D eigenvalue weighted by molar-refractivity contribution is -0.124. The van der Waals surface area contributed by atoms with Crippen LogP contribution in [0.3, 0.4) is 0 Å². The number of aliphatic imine (C=N–C) groups is 1. The van der Waals surface area contributed by atoms with Crippen molar-refractivity contribution in [2.75, 3.05) is 10.2 Å². The standard InChI is InChI=1S/C26H24ClN3O2/c1-3-22(25(31)29-20-13-9-12-19(27)16-20)30-23-15-8-7-14-21(23)24(28-17(2)26(30)32)18-10-5-4-6-11-18/h4-17,22H,3H2,1-2H3,(H,29,31)/t17-,22+/m0/s1. The normalized spacial score (nSPS) is 16.6. The largest absolute Gasteiger partial charge is 0.324 e. The Morgan fingerprint density at radius 2 is 1.78 bits per heavy atom. The summed E-state index contributed by atoms with van der Waals surface area (Å²) in [4.78, 5) is 33.2. The number of benzene rings is 3. The van der Waals surface area contributed by atoms with Gasteiger partial charge in [0.2, 0.25) is 5.91 Å². The number of anilines is 2. The summed E-state index contributed by atoms with van der Waals surface area (Å²) in [6, 6.07) is 23.0. The van der Waals surface area contributed by atoms with E-state index in [0.717, 1.165) is 16.8 Å². The fourth-order valence-corrected chi connectivity index (χ4v) is 4.14. The molecule has 2 atom stereocenters. The second-order valence-corrected chi connectivity index (χ2v) is 8.11. The van der Waals surface area contributed by atoms with Crippen LogP contribution in [0, 0.1) is 0 Å². The molecular formula is C26H24ClN3O2. The molecule has 0 aliphatic carbocycles. The molecule has 0 unspecified atom stereocenters. The van der Waals surface area contributed by atoms with E-state index in [1.807, 2.05) is 61.5 Å². The van der Waals surface area contributed by atoms with Crippen LogP contribution in [-0.2, 0) is 9.59 Å². The van der Waals surface area contributed by atoms with Gasteiger partial charge in [0.05, 0.1) is 11.4 Å². The number of fused-ring (bicyclic) bond motifs is 1. The predicted octanol–water partition coefficient (Wildman–Crippen LogP) is 5.33. The molecule has 3 aromatic carbocycles. The number of carbonyl (C=O) groups is 2. The first-order chi connectivity index (χ1) is 15.5. The van der Waals surface area contributed by atoms with Crippen LogP contribution in [0.15, 0.2) is 83.9 Å². The van der Waals surface area contributed by atoms with Crippen LogP contribution in [0.5, 0.6) is 0 Å². The summed E-state index contributed by atoms with van der Waals surface area (Å²) in [5, 5.41) is 3.44. The molecule has 0 saturated heterocycles. The molecule has 0 radical (unpaired) electrons. The van der Waals surface area contributed by atoms with E-state index < -0.39 is 12.1 Å². The van der Waals surface area contributed by atoms with E-state index in [2.05, 4.69) is 5.32 Å². The van der Waals surface area contributed by atoms with Gasteiger partial charge in [-0.2, -0.15) is 0 Å². The van der Waals surface area contributed by atoms with Gasteiger partial charge in [-0.15, -0.1) is 0 Å². The van der Waals surface area contributed by atoms with Crippen molar-refractivity contribution >= 4 is 40.5 Å². The molecule has 6 heteroatoms. The Balaban J connectivity index is 1.77. The number of amides is 2. The van der Waals surface area contributed by atoms with Gasteiger partial charge in [0.1, 0.15) is 12.1 Å². The maximum absolute atomic E-state index is 13.5. The minimum absolute atomic E-state index is 0.212. The molecular weight excluding hydrogens is 422 g/mol. The Labute approximate surface area is 192 Å². The van der Waals surface area contributed by atoms with Crippen molar-refractivity contribution in [3.8, 4) is 0 Å². The number of carbonyl (C=O) groups excluding carboxylic acids is 2. The Morgan fingerprint density at radius 3 is 2.50 bits per heavy atom. The van der Waals surface area contributed by atoms with Crippen molar-refractivity contribution in [1.82, 2.24) is 0 Å². The molecule has 1 aliphatic heterocycles. The van der Waals surface area contributed by atoms with Crippen molar-refractivity contribution in [3.05, 3.63) is 95.0 Å². The van der Waals surface area contributed by atoms with Gasteiger partial charge in [-0.1, -0.05) is 73.1 Å². The molecule has 32 heavy (non-hydrogen) atoms. The number of para-hydroxylation sites is 1. The van der Waals surface area contributed by atoms with Crippen molar-refractivity contribution in [2.24, 2.45) is 4.99 Å². The first-order valence-corrected chi connectivity index (χ1v) is 11.0. The molecule has 2 amide bonds. The van der Waals surface area contributed by atoms with Crippen molar-refractivity contribution in [3.63, 3.8) is 0 Å². The van der Waals surface area contributed by atoms with Crippen LogP contribution >= 0.6 is 11.6 Å². The number of halogens is 1. The van der Waals surface area contributed by atoms with Crippen LogP contribution < -0.4 is 10.2 Å². The highest BCUT2D eigenvalue weighted by Crippen LogP contribution is 2.31. The zero-order chi connectivity index (χ0) is 22.7. The fourth-order valence-electron chi connectivity index (χ4n) is 3.95. The average molecular weight is 446 g/mol. The first kappa shape index (κ1) is 21.8. The number of hydrogen-bond donors (Lipinski definition) is 1. The monoisotopic (exact) mass is 445 g/mol. The minimum Gasteiger partial charge on any atom is -0.324 e. The van der Waals surface area contributed by atoms with E-state index >= 15 is 0 Å². The topological polar surface area (TPSA) is 61.8 Å². The van der Waals surface area contributed by atoms with E-state index in [-0.39, 0.29) is 11.8 Å². The number of rotatable bonds is 5. The second-order valence-electron chi connectivity index (χ2n) is 7.67. The third kappa shape index (κ3) is 4.30. The lowest BCUT2D eigenvalue weighted by Crippen LogP contribution is -2.50.